The predicted molar refractivity (Wildman–Crippen MR) is 99.5 cm³/mol. The van der Waals surface area contributed by atoms with Gasteiger partial charge in [0.05, 0.1) is 0 Å². The Morgan fingerprint density at radius 3 is 1.39 bits per heavy atom. The Kier molecular flexibility index (Phi) is 6.25. The van der Waals surface area contributed by atoms with E-state index < -0.39 is 23.7 Å². The SMILES string of the molecule is Cc1ccc(Cl)cc1NC(=O)C(F)(F)C(F)(F)C(=O)Nc1cc(Cl)ccc1C. The highest BCUT2D eigenvalue weighted by Crippen LogP contribution is 2.37. The van der Waals surface area contributed by atoms with Crippen LogP contribution in [0.4, 0.5) is 28.9 Å². The summed E-state index contributed by atoms with van der Waals surface area (Å²) < 4.78 is 56.7. The molecule has 0 aliphatic heterocycles. The number of carbonyl (C=O) groups is 2. The first-order valence-electron chi connectivity index (χ1n) is 7.77. The molecule has 0 spiro atoms. The molecule has 0 heterocycles. The van der Waals surface area contributed by atoms with Crippen molar-refractivity contribution in [2.45, 2.75) is 25.7 Å². The third kappa shape index (κ3) is 4.39. The lowest BCUT2D eigenvalue weighted by Gasteiger charge is -2.25. The Bertz CT molecular complexity index is 860. The molecule has 0 bridgehead atoms. The molecule has 2 amide bonds. The summed E-state index contributed by atoms with van der Waals surface area (Å²) in [5.74, 6) is -15.4. The van der Waals surface area contributed by atoms with Crippen LogP contribution in [0.1, 0.15) is 11.1 Å². The summed E-state index contributed by atoms with van der Waals surface area (Å²) in [6.45, 7) is 2.91. The standard InChI is InChI=1S/C18H14Cl2F4N2O2/c1-9-3-5-11(19)7-13(9)25-15(27)17(21,22)18(23,24)16(28)26-14-8-12(20)6-4-10(14)2/h3-8H,1-2H3,(H,25,27)(H,26,28). The van der Waals surface area contributed by atoms with Crippen molar-refractivity contribution in [3.63, 3.8) is 0 Å². The van der Waals surface area contributed by atoms with E-state index in [1.165, 1.54) is 38.1 Å². The van der Waals surface area contributed by atoms with Crippen LogP contribution in [-0.2, 0) is 9.59 Å². The van der Waals surface area contributed by atoms with Gasteiger partial charge in [-0.3, -0.25) is 9.59 Å². The first-order chi connectivity index (χ1) is 12.9. The molecule has 0 aliphatic carbocycles. The average molecular weight is 437 g/mol. The normalized spacial score (nSPS) is 11.9. The van der Waals surface area contributed by atoms with E-state index in [0.29, 0.717) is 11.1 Å². The molecule has 28 heavy (non-hydrogen) atoms. The molecule has 10 heteroatoms. The predicted octanol–water partition coefficient (Wildman–Crippen LogP) is 5.46. The lowest BCUT2D eigenvalue weighted by atomic mass is 10.1. The number of hydrogen-bond donors (Lipinski definition) is 2. The van der Waals surface area contributed by atoms with E-state index in [1.54, 1.807) is 10.6 Å². The molecule has 2 aromatic rings. The third-order valence-corrected chi connectivity index (χ3v) is 4.33. The lowest BCUT2D eigenvalue weighted by molar-refractivity contribution is -0.204. The second kappa shape index (κ2) is 7.97. The molecule has 2 N–H and O–H groups in total. The van der Waals surface area contributed by atoms with E-state index in [0.717, 1.165) is 12.1 Å². The smallest absolute Gasteiger partial charge is 0.320 e. The highest BCUT2D eigenvalue weighted by Gasteiger charge is 2.67. The third-order valence-electron chi connectivity index (χ3n) is 3.86. The van der Waals surface area contributed by atoms with Gasteiger partial charge in [-0.15, -0.1) is 0 Å². The van der Waals surface area contributed by atoms with Gasteiger partial charge in [0.25, 0.3) is 0 Å². The van der Waals surface area contributed by atoms with Crippen LogP contribution in [0.2, 0.25) is 10.0 Å². The summed E-state index contributed by atoms with van der Waals surface area (Å²) in [7, 11) is 0. The maximum Gasteiger partial charge on any atom is 0.396 e. The van der Waals surface area contributed by atoms with Gasteiger partial charge in [-0.2, -0.15) is 17.6 Å². The molecule has 2 aromatic carbocycles. The summed E-state index contributed by atoms with van der Waals surface area (Å²) in [5, 5.41) is 3.57. The number of halogens is 6. The first kappa shape index (κ1) is 22.0. The fraction of sp³-hybridized carbons (Fsp3) is 0.222. The maximum absolute atomic E-state index is 14.2. The molecule has 4 nitrogen and oxygen atoms in total. The Hall–Kier alpha value is -2.32. The average Bonchev–Trinajstić information content (AvgIpc) is 2.60. The summed E-state index contributed by atoms with van der Waals surface area (Å²) in [6.07, 6.45) is 0. The summed E-state index contributed by atoms with van der Waals surface area (Å²) >= 11 is 11.4. The number of anilines is 2. The molecule has 0 aliphatic rings. The number of alkyl halides is 4. The molecule has 0 atom stereocenters. The molecule has 0 aromatic heterocycles. The Balaban J connectivity index is 2.25. The minimum absolute atomic E-state index is 0.102. The molecular formula is C18H14Cl2F4N2O2. The number of amides is 2. The molecule has 0 saturated carbocycles. The number of benzene rings is 2. The number of rotatable bonds is 5. The largest absolute Gasteiger partial charge is 0.396 e. The van der Waals surface area contributed by atoms with Crippen LogP contribution in [0, 0.1) is 13.8 Å². The zero-order valence-electron chi connectivity index (χ0n) is 14.5. The van der Waals surface area contributed by atoms with E-state index in [1.807, 2.05) is 0 Å². The van der Waals surface area contributed by atoms with E-state index in [4.69, 9.17) is 23.2 Å². The Morgan fingerprint density at radius 2 is 1.07 bits per heavy atom. The van der Waals surface area contributed by atoms with Gasteiger partial charge in [0.15, 0.2) is 0 Å². The second-order valence-corrected chi connectivity index (χ2v) is 6.85. The zero-order chi connectivity index (χ0) is 21.3. The topological polar surface area (TPSA) is 58.2 Å². The van der Waals surface area contributed by atoms with Crippen LogP contribution < -0.4 is 10.6 Å². The van der Waals surface area contributed by atoms with Gasteiger partial charge in [-0.25, -0.2) is 0 Å². The fourth-order valence-electron chi connectivity index (χ4n) is 2.14. The molecule has 0 unspecified atom stereocenters. The second-order valence-electron chi connectivity index (χ2n) is 5.98. The highest BCUT2D eigenvalue weighted by molar-refractivity contribution is 6.31. The van der Waals surface area contributed by atoms with Crippen LogP contribution in [0.3, 0.4) is 0 Å². The zero-order valence-corrected chi connectivity index (χ0v) is 16.1. The van der Waals surface area contributed by atoms with Crippen LogP contribution in [0.15, 0.2) is 36.4 Å². The van der Waals surface area contributed by atoms with Crippen LogP contribution in [0.5, 0.6) is 0 Å². The highest BCUT2D eigenvalue weighted by atomic mass is 35.5. The number of hydrogen-bond acceptors (Lipinski definition) is 2. The fourth-order valence-corrected chi connectivity index (χ4v) is 2.49. The van der Waals surface area contributed by atoms with E-state index in [2.05, 4.69) is 0 Å². The van der Waals surface area contributed by atoms with E-state index >= 15 is 0 Å². The minimum atomic E-state index is -5.33. The Morgan fingerprint density at radius 1 is 0.750 bits per heavy atom. The number of aryl methyl sites for hydroxylation is 2. The summed E-state index contributed by atoms with van der Waals surface area (Å²) in [6, 6.07) is 7.92. The van der Waals surface area contributed by atoms with Crippen molar-refractivity contribution in [1.82, 2.24) is 0 Å². The van der Waals surface area contributed by atoms with Gasteiger partial charge in [0.1, 0.15) is 0 Å². The molecule has 0 saturated heterocycles. The minimum Gasteiger partial charge on any atom is -0.320 e. The Labute approximate surface area is 167 Å². The summed E-state index contributed by atoms with van der Waals surface area (Å²) in [5.41, 5.74) is 0.268. The van der Waals surface area contributed by atoms with Crippen molar-refractivity contribution in [3.05, 3.63) is 57.6 Å². The molecule has 2 rings (SSSR count). The van der Waals surface area contributed by atoms with Crippen LogP contribution >= 0.6 is 23.2 Å². The van der Waals surface area contributed by atoms with E-state index in [9.17, 15) is 27.2 Å². The summed E-state index contributed by atoms with van der Waals surface area (Å²) in [4.78, 5) is 23.7. The molecular weight excluding hydrogens is 423 g/mol. The van der Waals surface area contributed by atoms with Crippen molar-refractivity contribution in [3.8, 4) is 0 Å². The van der Waals surface area contributed by atoms with Gasteiger partial charge in [0.2, 0.25) is 0 Å². The number of nitrogens with one attached hydrogen (secondary N) is 2. The maximum atomic E-state index is 14.2. The van der Waals surface area contributed by atoms with Crippen LogP contribution in [0.25, 0.3) is 0 Å². The van der Waals surface area contributed by atoms with Crippen molar-refractivity contribution in [2.24, 2.45) is 0 Å². The molecule has 0 fully saturated rings. The molecule has 150 valence electrons. The van der Waals surface area contributed by atoms with E-state index in [-0.39, 0.29) is 21.4 Å². The number of carbonyl (C=O) groups excluding carboxylic acids is 2. The van der Waals surface area contributed by atoms with Crippen molar-refractivity contribution >= 4 is 46.4 Å². The monoisotopic (exact) mass is 436 g/mol. The van der Waals surface area contributed by atoms with Gasteiger partial charge in [-0.05, 0) is 49.2 Å². The van der Waals surface area contributed by atoms with Crippen molar-refractivity contribution in [1.29, 1.82) is 0 Å². The van der Waals surface area contributed by atoms with Crippen LogP contribution in [-0.4, -0.2) is 23.7 Å². The quantitative estimate of drug-likeness (QED) is 0.611. The molecule has 0 radical (unpaired) electrons. The van der Waals surface area contributed by atoms with Gasteiger partial charge < -0.3 is 10.6 Å². The first-order valence-corrected chi connectivity index (χ1v) is 8.52. The van der Waals surface area contributed by atoms with Crippen molar-refractivity contribution in [2.75, 3.05) is 10.6 Å². The van der Waals surface area contributed by atoms with Gasteiger partial charge in [0, 0.05) is 21.4 Å². The lowest BCUT2D eigenvalue weighted by Crippen LogP contribution is -2.56. The van der Waals surface area contributed by atoms with Gasteiger partial charge >= 0.3 is 23.7 Å². The van der Waals surface area contributed by atoms with Crippen molar-refractivity contribution < 1.29 is 27.2 Å². The van der Waals surface area contributed by atoms with Gasteiger partial charge in [-0.1, -0.05) is 35.3 Å².